The molecule has 2 aliphatic rings. The van der Waals surface area contributed by atoms with Gasteiger partial charge in [0, 0.05) is 17.9 Å². The molecule has 1 aliphatic carbocycles. The minimum absolute atomic E-state index is 0.294. The Balaban J connectivity index is 1.98. The lowest BCUT2D eigenvalue weighted by molar-refractivity contribution is -0.129. The summed E-state index contributed by atoms with van der Waals surface area (Å²) in [6, 6.07) is 0.403. The summed E-state index contributed by atoms with van der Waals surface area (Å²) in [6.07, 6.45) is 4.63. The number of Topliss-reactive ketones (excluding diaryl/α,β-unsaturated/α-hetero) is 1. The Labute approximate surface area is 99.2 Å². The van der Waals surface area contributed by atoms with E-state index in [2.05, 4.69) is 26.1 Å². The Hall–Kier alpha value is -0.370. The molecule has 0 aromatic heterocycles. The quantitative estimate of drug-likeness (QED) is 0.779. The van der Waals surface area contributed by atoms with Crippen LogP contribution in [0.3, 0.4) is 0 Å². The molecular formula is C14H25NO. The van der Waals surface area contributed by atoms with Crippen LogP contribution < -0.4 is 5.32 Å². The molecule has 1 N–H and O–H groups in total. The molecular weight excluding hydrogens is 198 g/mol. The second-order valence-corrected chi connectivity index (χ2v) is 6.15. The molecule has 0 radical (unpaired) electrons. The maximum atomic E-state index is 12.5. The molecule has 0 amide bonds. The Bertz CT molecular complexity index is 253. The Kier molecular flexibility index (Phi) is 3.68. The van der Waals surface area contributed by atoms with Gasteiger partial charge >= 0.3 is 0 Å². The summed E-state index contributed by atoms with van der Waals surface area (Å²) in [5.74, 6) is 2.68. The van der Waals surface area contributed by atoms with E-state index < -0.39 is 0 Å². The second kappa shape index (κ2) is 4.87. The van der Waals surface area contributed by atoms with Crippen LogP contribution in [0.15, 0.2) is 0 Å². The number of carbonyl (C=O) groups excluding carboxylic acids is 1. The summed E-state index contributed by atoms with van der Waals surface area (Å²) < 4.78 is 0. The average molecular weight is 223 g/mol. The first kappa shape index (κ1) is 12.1. The minimum Gasteiger partial charge on any atom is -0.314 e. The molecule has 2 heteroatoms. The molecule has 2 nitrogen and oxygen atoms in total. The Morgan fingerprint density at radius 1 is 1.06 bits per heavy atom. The van der Waals surface area contributed by atoms with Gasteiger partial charge in [0.05, 0.1) is 0 Å². The van der Waals surface area contributed by atoms with Crippen LogP contribution in [0.25, 0.3) is 0 Å². The van der Waals surface area contributed by atoms with E-state index in [1.54, 1.807) is 0 Å². The van der Waals surface area contributed by atoms with Crippen molar-refractivity contribution in [3.8, 4) is 0 Å². The second-order valence-electron chi connectivity index (χ2n) is 6.15. The first-order valence-corrected chi connectivity index (χ1v) is 6.85. The van der Waals surface area contributed by atoms with Gasteiger partial charge in [-0.15, -0.1) is 0 Å². The highest BCUT2D eigenvalue weighted by Crippen LogP contribution is 2.36. The molecule has 0 aromatic rings. The maximum Gasteiger partial charge on any atom is 0.140 e. The van der Waals surface area contributed by atoms with Gasteiger partial charge in [-0.05, 0) is 51.0 Å². The summed E-state index contributed by atoms with van der Waals surface area (Å²) in [5, 5.41) is 3.39. The Morgan fingerprint density at radius 3 is 2.19 bits per heavy atom. The van der Waals surface area contributed by atoms with E-state index in [0.717, 1.165) is 37.6 Å². The summed E-state index contributed by atoms with van der Waals surface area (Å²) in [6.45, 7) is 7.78. The lowest BCUT2D eigenvalue weighted by Gasteiger charge is -2.32. The van der Waals surface area contributed by atoms with Crippen LogP contribution in [0.5, 0.6) is 0 Å². The van der Waals surface area contributed by atoms with Gasteiger partial charge in [0.15, 0.2) is 0 Å². The summed E-state index contributed by atoms with van der Waals surface area (Å²) >= 11 is 0. The molecule has 2 fully saturated rings. The molecule has 4 atom stereocenters. The molecule has 1 heterocycles. The van der Waals surface area contributed by atoms with Crippen LogP contribution in [0, 0.1) is 23.7 Å². The van der Waals surface area contributed by atoms with Gasteiger partial charge in [-0.25, -0.2) is 0 Å². The first-order chi connectivity index (χ1) is 7.58. The van der Waals surface area contributed by atoms with Crippen molar-refractivity contribution in [2.24, 2.45) is 23.7 Å². The largest absolute Gasteiger partial charge is 0.314 e. The van der Waals surface area contributed by atoms with E-state index in [1.165, 1.54) is 6.42 Å². The predicted molar refractivity (Wildman–Crippen MR) is 66.2 cm³/mol. The van der Waals surface area contributed by atoms with Crippen molar-refractivity contribution in [2.75, 3.05) is 6.54 Å². The fraction of sp³-hybridized carbons (Fsp3) is 0.929. The van der Waals surface area contributed by atoms with E-state index in [9.17, 15) is 4.79 Å². The highest BCUT2D eigenvalue weighted by Gasteiger charge is 2.36. The van der Waals surface area contributed by atoms with E-state index in [0.29, 0.717) is 23.7 Å². The number of nitrogens with one attached hydrogen (secondary N) is 1. The van der Waals surface area contributed by atoms with Crippen molar-refractivity contribution in [2.45, 2.75) is 52.5 Å². The lowest BCUT2D eigenvalue weighted by atomic mass is 9.72. The van der Waals surface area contributed by atoms with Crippen LogP contribution >= 0.6 is 0 Å². The summed E-state index contributed by atoms with van der Waals surface area (Å²) in [7, 11) is 0. The minimum atomic E-state index is 0.294. The lowest BCUT2D eigenvalue weighted by Crippen LogP contribution is -2.35. The van der Waals surface area contributed by atoms with Gasteiger partial charge in [0.25, 0.3) is 0 Å². The third-order valence-corrected chi connectivity index (χ3v) is 4.47. The van der Waals surface area contributed by atoms with Gasteiger partial charge in [0.2, 0.25) is 0 Å². The summed E-state index contributed by atoms with van der Waals surface area (Å²) in [5.41, 5.74) is 0. The van der Waals surface area contributed by atoms with E-state index in [1.807, 2.05) is 0 Å². The molecule has 0 aromatic carbocycles. The molecule has 1 saturated heterocycles. The fourth-order valence-corrected chi connectivity index (χ4v) is 3.73. The first-order valence-electron chi connectivity index (χ1n) is 6.85. The number of hydrogen-bond acceptors (Lipinski definition) is 2. The highest BCUT2D eigenvalue weighted by molar-refractivity contribution is 5.84. The monoisotopic (exact) mass is 223 g/mol. The van der Waals surface area contributed by atoms with Gasteiger partial charge in [-0.2, -0.15) is 0 Å². The average Bonchev–Trinajstić information content (AvgIpc) is 2.62. The van der Waals surface area contributed by atoms with Crippen molar-refractivity contribution < 1.29 is 4.79 Å². The maximum absolute atomic E-state index is 12.5. The summed E-state index contributed by atoms with van der Waals surface area (Å²) in [4.78, 5) is 12.5. The standard InChI is InChI=1S/C14H25NO/c1-9-6-10(2)8-12(7-9)14(16)13-4-5-15-11(13)3/h9-13,15H,4-8H2,1-3H3. The fourth-order valence-electron chi connectivity index (χ4n) is 3.73. The zero-order valence-corrected chi connectivity index (χ0v) is 10.8. The van der Waals surface area contributed by atoms with Gasteiger partial charge in [-0.1, -0.05) is 13.8 Å². The highest BCUT2D eigenvalue weighted by atomic mass is 16.1. The van der Waals surface area contributed by atoms with Crippen molar-refractivity contribution in [1.82, 2.24) is 5.32 Å². The number of carbonyl (C=O) groups is 1. The smallest absolute Gasteiger partial charge is 0.140 e. The van der Waals surface area contributed by atoms with Crippen LogP contribution in [-0.4, -0.2) is 18.4 Å². The van der Waals surface area contributed by atoms with Crippen LogP contribution in [0.4, 0.5) is 0 Å². The van der Waals surface area contributed by atoms with E-state index in [4.69, 9.17) is 0 Å². The third kappa shape index (κ3) is 2.48. The zero-order chi connectivity index (χ0) is 11.7. The van der Waals surface area contributed by atoms with Crippen molar-refractivity contribution >= 4 is 5.78 Å². The predicted octanol–water partition coefficient (Wildman–Crippen LogP) is 2.63. The molecule has 2 rings (SSSR count). The SMILES string of the molecule is CC1CC(C)CC(C(=O)C2CCNC2C)C1. The van der Waals surface area contributed by atoms with Gasteiger partial charge in [-0.3, -0.25) is 4.79 Å². The molecule has 16 heavy (non-hydrogen) atoms. The Morgan fingerprint density at radius 2 is 1.69 bits per heavy atom. The van der Waals surface area contributed by atoms with Crippen molar-refractivity contribution in [1.29, 1.82) is 0 Å². The third-order valence-electron chi connectivity index (χ3n) is 4.47. The number of hydrogen-bond donors (Lipinski definition) is 1. The topological polar surface area (TPSA) is 29.1 Å². The molecule has 1 saturated carbocycles. The number of rotatable bonds is 2. The van der Waals surface area contributed by atoms with Gasteiger partial charge in [0.1, 0.15) is 5.78 Å². The molecule has 0 bridgehead atoms. The molecule has 92 valence electrons. The van der Waals surface area contributed by atoms with Crippen molar-refractivity contribution in [3.63, 3.8) is 0 Å². The van der Waals surface area contributed by atoms with E-state index >= 15 is 0 Å². The van der Waals surface area contributed by atoms with Gasteiger partial charge < -0.3 is 5.32 Å². The zero-order valence-electron chi connectivity index (χ0n) is 10.8. The number of ketones is 1. The van der Waals surface area contributed by atoms with Crippen molar-refractivity contribution in [3.05, 3.63) is 0 Å². The molecule has 0 spiro atoms. The van der Waals surface area contributed by atoms with E-state index in [-0.39, 0.29) is 0 Å². The van der Waals surface area contributed by atoms with Crippen LogP contribution in [-0.2, 0) is 4.79 Å². The molecule has 4 unspecified atom stereocenters. The molecule has 1 aliphatic heterocycles. The van der Waals surface area contributed by atoms with Crippen LogP contribution in [0.1, 0.15) is 46.5 Å². The van der Waals surface area contributed by atoms with Crippen LogP contribution in [0.2, 0.25) is 0 Å². The normalized spacial score (nSPS) is 44.6.